The highest BCUT2D eigenvalue weighted by Crippen LogP contribution is 2.30. The molecule has 100 valence electrons. The number of aryl methyl sites for hydroxylation is 1. The maximum Gasteiger partial charge on any atom is 0.126 e. The molecule has 0 radical (unpaired) electrons. The summed E-state index contributed by atoms with van der Waals surface area (Å²) >= 11 is 3.48. The molecule has 0 bridgehead atoms. The summed E-state index contributed by atoms with van der Waals surface area (Å²) in [4.78, 5) is 0. The summed E-state index contributed by atoms with van der Waals surface area (Å²) < 4.78 is 19.4. The topological polar surface area (TPSA) is 35.2 Å². The van der Waals surface area contributed by atoms with Gasteiger partial charge in [-0.2, -0.15) is 0 Å². The minimum absolute atomic E-state index is 0.222. The van der Waals surface area contributed by atoms with Gasteiger partial charge in [0.05, 0.1) is 13.2 Å². The van der Waals surface area contributed by atoms with E-state index in [9.17, 15) is 4.39 Å². The second kappa shape index (κ2) is 5.72. The van der Waals surface area contributed by atoms with Crippen LogP contribution in [0.1, 0.15) is 22.7 Å². The van der Waals surface area contributed by atoms with Crippen LogP contribution in [0.15, 0.2) is 40.9 Å². The Bertz CT molecular complexity index is 601. The van der Waals surface area contributed by atoms with Gasteiger partial charge in [-0.3, -0.25) is 0 Å². The van der Waals surface area contributed by atoms with E-state index in [1.165, 1.54) is 6.07 Å². The number of nitrogens with two attached hydrogens (primary N) is 1. The molecule has 0 aliphatic heterocycles. The third kappa shape index (κ3) is 2.96. The number of hydrogen-bond donors (Lipinski definition) is 1. The summed E-state index contributed by atoms with van der Waals surface area (Å²) in [5, 5.41) is 0. The number of hydrogen-bond acceptors (Lipinski definition) is 2. The predicted octanol–water partition coefficient (Wildman–Crippen LogP) is 3.95. The lowest BCUT2D eigenvalue weighted by atomic mass is 9.98. The van der Waals surface area contributed by atoms with Gasteiger partial charge in [0.1, 0.15) is 11.6 Å². The van der Waals surface area contributed by atoms with E-state index in [1.54, 1.807) is 26.2 Å². The molecule has 2 rings (SSSR count). The summed E-state index contributed by atoms with van der Waals surface area (Å²) in [6.45, 7) is 1.73. The molecule has 1 unspecified atom stereocenters. The van der Waals surface area contributed by atoms with Gasteiger partial charge >= 0.3 is 0 Å². The van der Waals surface area contributed by atoms with Crippen molar-refractivity contribution in [2.24, 2.45) is 5.73 Å². The molecule has 0 saturated heterocycles. The second-order valence-electron chi connectivity index (χ2n) is 4.37. The van der Waals surface area contributed by atoms with Crippen molar-refractivity contribution in [3.63, 3.8) is 0 Å². The van der Waals surface area contributed by atoms with E-state index in [0.717, 1.165) is 21.3 Å². The largest absolute Gasteiger partial charge is 0.497 e. The summed E-state index contributed by atoms with van der Waals surface area (Å²) in [5.41, 5.74) is 8.62. The van der Waals surface area contributed by atoms with Crippen LogP contribution in [0.25, 0.3) is 0 Å². The van der Waals surface area contributed by atoms with Crippen molar-refractivity contribution >= 4 is 15.9 Å². The zero-order valence-corrected chi connectivity index (χ0v) is 12.4. The lowest BCUT2D eigenvalue weighted by Gasteiger charge is -2.16. The third-order valence-electron chi connectivity index (χ3n) is 3.08. The Morgan fingerprint density at radius 3 is 2.58 bits per heavy atom. The Balaban J connectivity index is 2.42. The molecule has 0 aromatic heterocycles. The van der Waals surface area contributed by atoms with Gasteiger partial charge in [0.25, 0.3) is 0 Å². The van der Waals surface area contributed by atoms with Crippen LogP contribution >= 0.6 is 15.9 Å². The monoisotopic (exact) mass is 323 g/mol. The van der Waals surface area contributed by atoms with Gasteiger partial charge in [-0.1, -0.05) is 28.1 Å². The first-order chi connectivity index (χ1) is 9.02. The van der Waals surface area contributed by atoms with Crippen LogP contribution in [-0.2, 0) is 0 Å². The first kappa shape index (κ1) is 14.0. The Morgan fingerprint density at radius 1 is 1.21 bits per heavy atom. The predicted molar refractivity (Wildman–Crippen MR) is 77.9 cm³/mol. The molecule has 4 heteroatoms. The fourth-order valence-corrected chi connectivity index (χ4v) is 2.42. The van der Waals surface area contributed by atoms with Crippen LogP contribution in [0, 0.1) is 12.7 Å². The Labute approximate surface area is 120 Å². The summed E-state index contributed by atoms with van der Waals surface area (Å²) in [5.74, 6) is 0.521. The fourth-order valence-electron chi connectivity index (χ4n) is 1.93. The van der Waals surface area contributed by atoms with E-state index >= 15 is 0 Å². The summed E-state index contributed by atoms with van der Waals surface area (Å²) in [6.07, 6.45) is 0. The number of rotatable bonds is 3. The number of methoxy groups -OCH3 is 1. The standard InChI is InChI=1S/C15H15BrFNO/c1-9-7-10(3-6-14(9)17)15(18)12-8-11(19-2)4-5-13(12)16/h3-8,15H,18H2,1-2H3. The molecule has 2 N–H and O–H groups in total. The molecular weight excluding hydrogens is 309 g/mol. The quantitative estimate of drug-likeness (QED) is 0.928. The highest BCUT2D eigenvalue weighted by molar-refractivity contribution is 9.10. The van der Waals surface area contributed by atoms with Crippen molar-refractivity contribution in [1.82, 2.24) is 0 Å². The zero-order valence-electron chi connectivity index (χ0n) is 10.8. The zero-order chi connectivity index (χ0) is 14.0. The molecule has 0 fully saturated rings. The van der Waals surface area contributed by atoms with E-state index in [-0.39, 0.29) is 11.9 Å². The van der Waals surface area contributed by atoms with Gasteiger partial charge in [-0.25, -0.2) is 4.39 Å². The normalized spacial score (nSPS) is 12.3. The van der Waals surface area contributed by atoms with E-state index in [4.69, 9.17) is 10.5 Å². The van der Waals surface area contributed by atoms with Crippen LogP contribution in [0.2, 0.25) is 0 Å². The molecule has 2 nitrogen and oxygen atoms in total. The van der Waals surface area contributed by atoms with E-state index in [2.05, 4.69) is 15.9 Å². The SMILES string of the molecule is COc1ccc(Br)c(C(N)c2ccc(F)c(C)c2)c1. The van der Waals surface area contributed by atoms with Crippen molar-refractivity contribution < 1.29 is 9.13 Å². The minimum Gasteiger partial charge on any atom is -0.497 e. The van der Waals surface area contributed by atoms with Gasteiger partial charge in [0.15, 0.2) is 0 Å². The van der Waals surface area contributed by atoms with Gasteiger partial charge in [0.2, 0.25) is 0 Å². The van der Waals surface area contributed by atoms with Crippen molar-refractivity contribution in [1.29, 1.82) is 0 Å². The fraction of sp³-hybridized carbons (Fsp3) is 0.200. The molecule has 0 heterocycles. The van der Waals surface area contributed by atoms with Crippen LogP contribution in [0.4, 0.5) is 4.39 Å². The first-order valence-corrected chi connectivity index (χ1v) is 6.67. The average Bonchev–Trinajstić information content (AvgIpc) is 2.41. The summed E-state index contributed by atoms with van der Waals surface area (Å²) in [7, 11) is 1.61. The lowest BCUT2D eigenvalue weighted by molar-refractivity contribution is 0.414. The first-order valence-electron chi connectivity index (χ1n) is 5.88. The minimum atomic E-state index is -0.330. The molecule has 1 atom stereocenters. The Kier molecular flexibility index (Phi) is 4.22. The van der Waals surface area contributed by atoms with Crippen LogP contribution in [0.3, 0.4) is 0 Å². The van der Waals surface area contributed by atoms with Crippen LogP contribution < -0.4 is 10.5 Å². The van der Waals surface area contributed by atoms with Crippen LogP contribution in [0.5, 0.6) is 5.75 Å². The lowest BCUT2D eigenvalue weighted by Crippen LogP contribution is -2.13. The van der Waals surface area contributed by atoms with Crippen molar-refractivity contribution in [3.8, 4) is 5.75 Å². The van der Waals surface area contributed by atoms with Gasteiger partial charge in [0, 0.05) is 4.47 Å². The smallest absolute Gasteiger partial charge is 0.126 e. The van der Waals surface area contributed by atoms with Crippen LogP contribution in [-0.4, -0.2) is 7.11 Å². The average molecular weight is 324 g/mol. The third-order valence-corrected chi connectivity index (χ3v) is 3.80. The highest BCUT2D eigenvalue weighted by atomic mass is 79.9. The van der Waals surface area contributed by atoms with Crippen molar-refractivity contribution in [2.45, 2.75) is 13.0 Å². The molecule has 19 heavy (non-hydrogen) atoms. The number of halogens is 2. The van der Waals surface area contributed by atoms with E-state index in [0.29, 0.717) is 5.56 Å². The molecule has 0 saturated carbocycles. The van der Waals surface area contributed by atoms with Gasteiger partial charge < -0.3 is 10.5 Å². The molecule has 0 spiro atoms. The van der Waals surface area contributed by atoms with Gasteiger partial charge in [-0.15, -0.1) is 0 Å². The van der Waals surface area contributed by atoms with E-state index < -0.39 is 0 Å². The maximum absolute atomic E-state index is 13.3. The molecule has 0 aliphatic rings. The van der Waals surface area contributed by atoms with Gasteiger partial charge in [-0.05, 0) is 47.9 Å². The second-order valence-corrected chi connectivity index (χ2v) is 5.23. The number of benzene rings is 2. The Hall–Kier alpha value is -1.39. The molecular formula is C15H15BrFNO. The highest BCUT2D eigenvalue weighted by Gasteiger charge is 2.14. The molecule has 0 aliphatic carbocycles. The number of ether oxygens (including phenoxy) is 1. The Morgan fingerprint density at radius 2 is 1.95 bits per heavy atom. The van der Waals surface area contributed by atoms with E-state index in [1.807, 2.05) is 18.2 Å². The van der Waals surface area contributed by atoms with Crippen molar-refractivity contribution in [3.05, 3.63) is 63.4 Å². The molecule has 2 aromatic carbocycles. The molecule has 0 amide bonds. The maximum atomic E-state index is 13.3. The molecule has 2 aromatic rings. The van der Waals surface area contributed by atoms with Crippen molar-refractivity contribution in [2.75, 3.05) is 7.11 Å². The summed E-state index contributed by atoms with van der Waals surface area (Å²) in [6, 6.07) is 10.2.